The van der Waals surface area contributed by atoms with Gasteiger partial charge in [-0.2, -0.15) is 4.98 Å². The van der Waals surface area contributed by atoms with E-state index >= 15 is 0 Å². The van der Waals surface area contributed by atoms with Crippen molar-refractivity contribution in [3.05, 3.63) is 65.5 Å². The Morgan fingerprint density at radius 2 is 1.83 bits per heavy atom. The molecule has 2 N–H and O–H groups in total. The molecule has 0 aliphatic carbocycles. The van der Waals surface area contributed by atoms with Crippen molar-refractivity contribution in [1.29, 1.82) is 0 Å². The van der Waals surface area contributed by atoms with Gasteiger partial charge in [-0.1, -0.05) is 61.5 Å². The van der Waals surface area contributed by atoms with Crippen molar-refractivity contribution in [3.63, 3.8) is 0 Å². The minimum atomic E-state index is -0.952. The molecule has 0 atom stereocenters. The Hall–Kier alpha value is -3.48. The maximum Gasteiger partial charge on any atom is 0.307 e. The summed E-state index contributed by atoms with van der Waals surface area (Å²) in [5.74, 6) is 0.115. The molecule has 1 amide bonds. The molecular weight excluding hydrogens is 370 g/mol. The van der Waals surface area contributed by atoms with Gasteiger partial charge in [-0.25, -0.2) is 0 Å². The minimum absolute atomic E-state index is 0.148. The summed E-state index contributed by atoms with van der Waals surface area (Å²) in [6.07, 6.45) is 0.290. The molecule has 3 aromatic rings. The predicted molar refractivity (Wildman–Crippen MR) is 109 cm³/mol. The molecule has 7 heteroatoms. The maximum atomic E-state index is 12.3. The number of carbonyl (C=O) groups is 2. The lowest BCUT2D eigenvalue weighted by Gasteiger charge is -2.09. The summed E-state index contributed by atoms with van der Waals surface area (Å²) in [5.41, 5.74) is 3.14. The molecule has 0 bridgehead atoms. The molecule has 1 aromatic heterocycles. The van der Waals surface area contributed by atoms with Crippen LogP contribution in [-0.2, 0) is 22.4 Å². The lowest BCUT2D eigenvalue weighted by molar-refractivity contribution is -0.136. The SMILES string of the molecule is CC(C)c1ccc(-c2noc(CCC(=O)Nc3ccccc3CC(=O)O)n2)cc1. The topological polar surface area (TPSA) is 105 Å². The summed E-state index contributed by atoms with van der Waals surface area (Å²) < 4.78 is 5.25. The summed E-state index contributed by atoms with van der Waals surface area (Å²) in [6.45, 7) is 4.26. The number of amides is 1. The normalized spacial score (nSPS) is 10.9. The lowest BCUT2D eigenvalue weighted by atomic mass is 10.0. The minimum Gasteiger partial charge on any atom is -0.481 e. The van der Waals surface area contributed by atoms with Gasteiger partial charge in [0.25, 0.3) is 0 Å². The van der Waals surface area contributed by atoms with Gasteiger partial charge in [0.2, 0.25) is 17.6 Å². The molecule has 0 saturated carbocycles. The number of benzene rings is 2. The van der Waals surface area contributed by atoms with E-state index in [2.05, 4.69) is 29.3 Å². The summed E-state index contributed by atoms with van der Waals surface area (Å²) in [7, 11) is 0. The molecule has 0 aliphatic heterocycles. The standard InChI is InChI=1S/C22H23N3O4/c1-14(2)15-7-9-16(10-8-15)22-24-20(29-25-22)12-11-19(26)23-18-6-4-3-5-17(18)13-21(27)28/h3-10,14H,11-13H2,1-2H3,(H,23,26)(H,27,28). The van der Waals surface area contributed by atoms with Crippen LogP contribution in [0, 0.1) is 0 Å². The monoisotopic (exact) mass is 393 g/mol. The highest BCUT2D eigenvalue weighted by atomic mass is 16.5. The van der Waals surface area contributed by atoms with E-state index in [0.717, 1.165) is 5.56 Å². The largest absolute Gasteiger partial charge is 0.481 e. The Balaban J connectivity index is 1.58. The van der Waals surface area contributed by atoms with Crippen LogP contribution in [0.2, 0.25) is 0 Å². The van der Waals surface area contributed by atoms with Gasteiger partial charge in [0.1, 0.15) is 0 Å². The average Bonchev–Trinajstić information content (AvgIpc) is 3.17. The molecule has 0 spiro atoms. The van der Waals surface area contributed by atoms with Gasteiger partial charge in [-0.05, 0) is 23.1 Å². The number of aliphatic carboxylic acids is 1. The highest BCUT2D eigenvalue weighted by Crippen LogP contribution is 2.21. The number of carboxylic acids is 1. The van der Waals surface area contributed by atoms with Crippen molar-refractivity contribution in [2.75, 3.05) is 5.32 Å². The Bertz CT molecular complexity index is 993. The first-order chi connectivity index (χ1) is 13.9. The fraction of sp³-hybridized carbons (Fsp3) is 0.273. The van der Waals surface area contributed by atoms with Gasteiger partial charge in [0.05, 0.1) is 6.42 Å². The number of hydrogen-bond acceptors (Lipinski definition) is 5. The van der Waals surface area contributed by atoms with Gasteiger partial charge in [-0.15, -0.1) is 0 Å². The van der Waals surface area contributed by atoms with Gasteiger partial charge in [0, 0.05) is 24.1 Å². The number of rotatable bonds is 8. The molecule has 1 heterocycles. The van der Waals surface area contributed by atoms with E-state index in [4.69, 9.17) is 9.63 Å². The fourth-order valence-corrected chi connectivity index (χ4v) is 2.88. The molecule has 0 saturated heterocycles. The maximum absolute atomic E-state index is 12.3. The van der Waals surface area contributed by atoms with Crippen LogP contribution in [0.15, 0.2) is 53.1 Å². The van der Waals surface area contributed by atoms with Gasteiger partial charge in [0.15, 0.2) is 0 Å². The van der Waals surface area contributed by atoms with Crippen LogP contribution in [0.1, 0.15) is 43.2 Å². The van der Waals surface area contributed by atoms with Crippen LogP contribution in [0.3, 0.4) is 0 Å². The average molecular weight is 393 g/mol. The van der Waals surface area contributed by atoms with E-state index in [1.165, 1.54) is 5.56 Å². The third-order valence-corrected chi connectivity index (χ3v) is 4.50. The Morgan fingerprint density at radius 3 is 2.52 bits per heavy atom. The molecule has 3 rings (SSSR count). The first-order valence-corrected chi connectivity index (χ1v) is 9.45. The van der Waals surface area contributed by atoms with Gasteiger partial charge < -0.3 is 14.9 Å². The third kappa shape index (κ3) is 5.51. The molecule has 150 valence electrons. The quantitative estimate of drug-likeness (QED) is 0.598. The number of para-hydroxylation sites is 1. The van der Waals surface area contributed by atoms with Crippen molar-refractivity contribution < 1.29 is 19.2 Å². The van der Waals surface area contributed by atoms with E-state index in [9.17, 15) is 9.59 Å². The first-order valence-electron chi connectivity index (χ1n) is 9.45. The summed E-state index contributed by atoms with van der Waals surface area (Å²) in [6, 6.07) is 14.8. The number of nitrogens with zero attached hydrogens (tertiary/aromatic N) is 2. The number of anilines is 1. The third-order valence-electron chi connectivity index (χ3n) is 4.50. The van der Waals surface area contributed by atoms with Crippen molar-refractivity contribution in [2.45, 2.75) is 39.0 Å². The van der Waals surface area contributed by atoms with Gasteiger partial charge >= 0.3 is 5.97 Å². The second kappa shape index (κ2) is 9.14. The number of nitrogens with one attached hydrogen (secondary N) is 1. The predicted octanol–water partition coefficient (Wildman–Crippen LogP) is 4.06. The zero-order valence-corrected chi connectivity index (χ0v) is 16.4. The van der Waals surface area contributed by atoms with Gasteiger partial charge in [-0.3, -0.25) is 9.59 Å². The van der Waals surface area contributed by atoms with E-state index in [-0.39, 0.29) is 18.7 Å². The van der Waals surface area contributed by atoms with Crippen LogP contribution in [0.4, 0.5) is 5.69 Å². The molecule has 29 heavy (non-hydrogen) atoms. The van der Waals surface area contributed by atoms with Crippen molar-refractivity contribution in [2.24, 2.45) is 0 Å². The van der Waals surface area contributed by atoms with Crippen LogP contribution < -0.4 is 5.32 Å². The molecule has 2 aromatic carbocycles. The Morgan fingerprint density at radius 1 is 1.10 bits per heavy atom. The number of aromatic nitrogens is 2. The smallest absolute Gasteiger partial charge is 0.307 e. The van der Waals surface area contributed by atoms with Crippen LogP contribution >= 0.6 is 0 Å². The van der Waals surface area contributed by atoms with E-state index in [0.29, 0.717) is 35.3 Å². The molecular formula is C22H23N3O4. The van der Waals surface area contributed by atoms with Crippen molar-refractivity contribution in [3.8, 4) is 11.4 Å². The van der Waals surface area contributed by atoms with Crippen LogP contribution in [0.25, 0.3) is 11.4 Å². The lowest BCUT2D eigenvalue weighted by Crippen LogP contribution is -2.14. The Labute approximate surface area is 168 Å². The summed E-state index contributed by atoms with van der Waals surface area (Å²) in [4.78, 5) is 27.6. The summed E-state index contributed by atoms with van der Waals surface area (Å²) >= 11 is 0. The van der Waals surface area contributed by atoms with E-state index in [1.54, 1.807) is 24.3 Å². The summed E-state index contributed by atoms with van der Waals surface area (Å²) in [5, 5.41) is 15.7. The number of hydrogen-bond donors (Lipinski definition) is 2. The second-order valence-corrected chi connectivity index (χ2v) is 7.06. The van der Waals surface area contributed by atoms with E-state index in [1.807, 2.05) is 24.3 Å². The van der Waals surface area contributed by atoms with Crippen LogP contribution in [-0.4, -0.2) is 27.1 Å². The zero-order chi connectivity index (χ0) is 20.8. The number of carboxylic acid groups (broad SMARTS) is 1. The second-order valence-electron chi connectivity index (χ2n) is 7.06. The molecule has 0 aliphatic rings. The Kier molecular flexibility index (Phi) is 6.39. The number of carbonyl (C=O) groups excluding carboxylic acids is 1. The molecule has 0 radical (unpaired) electrons. The fourth-order valence-electron chi connectivity index (χ4n) is 2.88. The van der Waals surface area contributed by atoms with Crippen molar-refractivity contribution >= 4 is 17.6 Å². The highest BCUT2D eigenvalue weighted by Gasteiger charge is 2.13. The first kappa shape index (κ1) is 20.3. The molecule has 0 fully saturated rings. The number of aryl methyl sites for hydroxylation is 1. The van der Waals surface area contributed by atoms with Crippen LogP contribution in [0.5, 0.6) is 0 Å². The van der Waals surface area contributed by atoms with E-state index < -0.39 is 5.97 Å². The molecule has 7 nitrogen and oxygen atoms in total. The molecule has 0 unspecified atom stereocenters. The highest BCUT2D eigenvalue weighted by molar-refractivity contribution is 5.92. The zero-order valence-electron chi connectivity index (χ0n) is 16.4. The van der Waals surface area contributed by atoms with Crippen molar-refractivity contribution in [1.82, 2.24) is 10.1 Å².